The Morgan fingerprint density at radius 2 is 1.95 bits per heavy atom. The number of hydrogen-bond donors (Lipinski definition) is 0. The van der Waals surface area contributed by atoms with Gasteiger partial charge in [-0.05, 0) is 51.1 Å². The van der Waals surface area contributed by atoms with Gasteiger partial charge in [0.2, 0.25) is 0 Å². The molecule has 0 N–H and O–H groups in total. The highest BCUT2D eigenvalue weighted by Gasteiger charge is 2.18. The third-order valence-electron chi connectivity index (χ3n) is 3.33. The van der Waals surface area contributed by atoms with Gasteiger partial charge >= 0.3 is 0 Å². The maximum atomic E-state index is 12.6. The molecule has 2 rings (SSSR count). The maximum Gasteiger partial charge on any atom is 0.257 e. The molecule has 0 saturated carbocycles. The Kier molecular flexibility index (Phi) is 5.55. The quantitative estimate of drug-likeness (QED) is 0.790. The van der Waals surface area contributed by atoms with Crippen molar-refractivity contribution in [1.82, 2.24) is 9.88 Å². The number of hydrogen-bond acceptors (Lipinski definition) is 3. The molecule has 1 heterocycles. The van der Waals surface area contributed by atoms with Crippen molar-refractivity contribution < 1.29 is 9.53 Å². The zero-order chi connectivity index (χ0) is 16.1. The highest BCUT2D eigenvalue weighted by Crippen LogP contribution is 2.29. The van der Waals surface area contributed by atoms with Crippen molar-refractivity contribution >= 4 is 21.8 Å². The van der Waals surface area contributed by atoms with Gasteiger partial charge in [0, 0.05) is 23.3 Å². The summed E-state index contributed by atoms with van der Waals surface area (Å²) in [5.41, 5.74) is 1.46. The van der Waals surface area contributed by atoms with Crippen LogP contribution in [0.1, 0.15) is 29.9 Å². The first-order valence-corrected chi connectivity index (χ1v) is 8.03. The van der Waals surface area contributed by atoms with E-state index in [1.807, 2.05) is 39.0 Å². The molecule has 1 aromatic carbocycles. The smallest absolute Gasteiger partial charge is 0.257 e. The van der Waals surface area contributed by atoms with Gasteiger partial charge in [-0.3, -0.25) is 9.78 Å². The second-order valence-corrected chi connectivity index (χ2v) is 5.77. The van der Waals surface area contributed by atoms with Gasteiger partial charge in [-0.2, -0.15) is 0 Å². The Labute approximate surface area is 139 Å². The van der Waals surface area contributed by atoms with E-state index in [0.717, 1.165) is 10.2 Å². The van der Waals surface area contributed by atoms with Crippen LogP contribution in [0, 0.1) is 6.92 Å². The molecule has 1 aromatic heterocycles. The number of amides is 1. The molecule has 0 fully saturated rings. The predicted molar refractivity (Wildman–Crippen MR) is 90.4 cm³/mol. The number of pyridine rings is 1. The molecular weight excluding hydrogens is 344 g/mol. The molecule has 0 atom stereocenters. The lowest BCUT2D eigenvalue weighted by Gasteiger charge is -2.20. The molecule has 0 saturated heterocycles. The average molecular weight is 363 g/mol. The van der Waals surface area contributed by atoms with E-state index in [9.17, 15) is 4.79 Å². The molecule has 2 aromatic rings. The SMILES string of the molecule is CCN(CC)C(=O)c1cc(Br)ccc1Oc1ccc(C)nc1. The number of nitrogens with zero attached hydrogens (tertiary/aromatic N) is 2. The van der Waals surface area contributed by atoms with Crippen LogP contribution in [0.4, 0.5) is 0 Å². The number of carbonyl (C=O) groups excluding carboxylic acids is 1. The molecular formula is C17H19BrN2O2. The lowest BCUT2D eigenvalue weighted by Crippen LogP contribution is -2.30. The van der Waals surface area contributed by atoms with E-state index in [2.05, 4.69) is 20.9 Å². The zero-order valence-corrected chi connectivity index (χ0v) is 14.6. The molecule has 1 amide bonds. The number of aryl methyl sites for hydroxylation is 1. The third kappa shape index (κ3) is 3.85. The molecule has 0 spiro atoms. The van der Waals surface area contributed by atoms with E-state index in [-0.39, 0.29) is 5.91 Å². The van der Waals surface area contributed by atoms with Gasteiger partial charge < -0.3 is 9.64 Å². The van der Waals surface area contributed by atoms with Crippen LogP contribution in [0.25, 0.3) is 0 Å². The lowest BCUT2D eigenvalue weighted by molar-refractivity contribution is 0.0770. The summed E-state index contributed by atoms with van der Waals surface area (Å²) in [6.07, 6.45) is 1.66. The summed E-state index contributed by atoms with van der Waals surface area (Å²) < 4.78 is 6.69. The molecule has 22 heavy (non-hydrogen) atoms. The number of benzene rings is 1. The monoisotopic (exact) mass is 362 g/mol. The van der Waals surface area contributed by atoms with Crippen LogP contribution < -0.4 is 4.74 Å². The van der Waals surface area contributed by atoms with Crippen molar-refractivity contribution in [3.8, 4) is 11.5 Å². The van der Waals surface area contributed by atoms with Crippen molar-refractivity contribution in [3.05, 3.63) is 52.3 Å². The molecule has 0 radical (unpaired) electrons. The minimum Gasteiger partial charge on any atom is -0.455 e. The van der Waals surface area contributed by atoms with Gasteiger partial charge in [0.25, 0.3) is 5.91 Å². The molecule has 0 unspecified atom stereocenters. The van der Waals surface area contributed by atoms with E-state index < -0.39 is 0 Å². The van der Waals surface area contributed by atoms with Gasteiger partial charge in [0.1, 0.15) is 11.5 Å². The Morgan fingerprint density at radius 3 is 2.55 bits per heavy atom. The van der Waals surface area contributed by atoms with Gasteiger partial charge in [-0.25, -0.2) is 0 Å². The van der Waals surface area contributed by atoms with Gasteiger partial charge in [-0.15, -0.1) is 0 Å². The highest BCUT2D eigenvalue weighted by molar-refractivity contribution is 9.10. The molecule has 5 heteroatoms. The molecule has 4 nitrogen and oxygen atoms in total. The van der Waals surface area contributed by atoms with Crippen molar-refractivity contribution in [1.29, 1.82) is 0 Å². The summed E-state index contributed by atoms with van der Waals surface area (Å²) in [5.74, 6) is 1.11. The molecule has 0 aliphatic heterocycles. The Bertz CT molecular complexity index is 652. The largest absolute Gasteiger partial charge is 0.455 e. The number of ether oxygens (including phenoxy) is 1. The predicted octanol–water partition coefficient (Wildman–Crippen LogP) is 4.43. The fourth-order valence-electron chi connectivity index (χ4n) is 2.08. The van der Waals surface area contributed by atoms with Crippen LogP contribution in [0.3, 0.4) is 0 Å². The van der Waals surface area contributed by atoms with E-state index in [0.29, 0.717) is 30.2 Å². The minimum atomic E-state index is -0.0404. The van der Waals surface area contributed by atoms with E-state index >= 15 is 0 Å². The van der Waals surface area contributed by atoms with Crippen LogP contribution in [-0.4, -0.2) is 28.9 Å². The lowest BCUT2D eigenvalue weighted by atomic mass is 10.1. The van der Waals surface area contributed by atoms with Gasteiger partial charge in [0.15, 0.2) is 0 Å². The van der Waals surface area contributed by atoms with Crippen LogP contribution in [0.15, 0.2) is 41.0 Å². The second kappa shape index (κ2) is 7.40. The summed E-state index contributed by atoms with van der Waals surface area (Å²) in [6, 6.07) is 9.16. The Hall–Kier alpha value is -1.88. The normalized spacial score (nSPS) is 10.4. The Balaban J connectivity index is 2.35. The summed E-state index contributed by atoms with van der Waals surface area (Å²) in [4.78, 5) is 18.6. The number of halogens is 1. The molecule has 0 aliphatic carbocycles. The summed E-state index contributed by atoms with van der Waals surface area (Å²) in [7, 11) is 0. The molecule has 0 aliphatic rings. The average Bonchev–Trinajstić information content (AvgIpc) is 2.52. The third-order valence-corrected chi connectivity index (χ3v) is 3.83. The van der Waals surface area contributed by atoms with E-state index in [4.69, 9.17) is 4.74 Å². The minimum absolute atomic E-state index is 0.0404. The standard InChI is InChI=1S/C17H19BrN2O2/c1-4-20(5-2)17(21)15-10-13(18)7-9-16(15)22-14-8-6-12(3)19-11-14/h6-11H,4-5H2,1-3H3. The number of rotatable bonds is 5. The van der Waals surface area contributed by atoms with Crippen molar-refractivity contribution in [2.75, 3.05) is 13.1 Å². The van der Waals surface area contributed by atoms with Gasteiger partial charge in [-0.1, -0.05) is 15.9 Å². The fraction of sp³-hybridized carbons (Fsp3) is 0.294. The zero-order valence-electron chi connectivity index (χ0n) is 13.0. The van der Waals surface area contributed by atoms with E-state index in [1.165, 1.54) is 0 Å². The second-order valence-electron chi connectivity index (χ2n) is 4.86. The summed E-state index contributed by atoms with van der Waals surface area (Å²) in [5, 5.41) is 0. The molecule has 116 valence electrons. The fourth-order valence-corrected chi connectivity index (χ4v) is 2.44. The van der Waals surface area contributed by atoms with Crippen LogP contribution >= 0.6 is 15.9 Å². The summed E-state index contributed by atoms with van der Waals surface area (Å²) in [6.45, 7) is 7.16. The first-order chi connectivity index (χ1) is 10.5. The first kappa shape index (κ1) is 16.5. The highest BCUT2D eigenvalue weighted by atomic mass is 79.9. The molecule has 0 bridgehead atoms. The number of carbonyl (C=O) groups is 1. The van der Waals surface area contributed by atoms with Crippen molar-refractivity contribution in [2.45, 2.75) is 20.8 Å². The van der Waals surface area contributed by atoms with E-state index in [1.54, 1.807) is 23.2 Å². The first-order valence-electron chi connectivity index (χ1n) is 7.24. The van der Waals surface area contributed by atoms with Crippen molar-refractivity contribution in [3.63, 3.8) is 0 Å². The number of aromatic nitrogens is 1. The topological polar surface area (TPSA) is 42.4 Å². The van der Waals surface area contributed by atoms with Crippen LogP contribution in [0.2, 0.25) is 0 Å². The van der Waals surface area contributed by atoms with Crippen LogP contribution in [-0.2, 0) is 0 Å². The van der Waals surface area contributed by atoms with Crippen molar-refractivity contribution in [2.24, 2.45) is 0 Å². The van der Waals surface area contributed by atoms with Crippen LogP contribution in [0.5, 0.6) is 11.5 Å². The summed E-state index contributed by atoms with van der Waals surface area (Å²) >= 11 is 3.41. The van der Waals surface area contributed by atoms with Gasteiger partial charge in [0.05, 0.1) is 11.8 Å². The Morgan fingerprint density at radius 1 is 1.23 bits per heavy atom. The maximum absolute atomic E-state index is 12.6.